The van der Waals surface area contributed by atoms with Crippen LogP contribution in [0.5, 0.6) is 0 Å². The second-order valence-corrected chi connectivity index (χ2v) is 5.84. The molecular weight excluding hydrogens is 278 g/mol. The van der Waals surface area contributed by atoms with E-state index < -0.39 is 26.6 Å². The lowest BCUT2D eigenvalue weighted by Gasteiger charge is -2.15. The zero-order valence-corrected chi connectivity index (χ0v) is 10.7. The van der Waals surface area contributed by atoms with Crippen LogP contribution in [-0.2, 0) is 16.6 Å². The number of aromatic nitrogens is 3. The average molecular weight is 288 g/mol. The topological polar surface area (TPSA) is 79.0 Å². The SMILES string of the molecule is CN(Cc1ncn[nH]1)S(=O)(=O)c1cc(F)cc(F)c1. The summed E-state index contributed by atoms with van der Waals surface area (Å²) in [5.41, 5.74) is 0. The van der Waals surface area contributed by atoms with Crippen LogP contribution in [0.15, 0.2) is 29.4 Å². The molecule has 1 heterocycles. The molecule has 0 bridgehead atoms. The molecule has 0 aliphatic rings. The van der Waals surface area contributed by atoms with Crippen LogP contribution in [0.1, 0.15) is 5.82 Å². The number of H-pyrrole nitrogens is 1. The Bertz CT molecular complexity index is 653. The summed E-state index contributed by atoms with van der Waals surface area (Å²) >= 11 is 0. The molecule has 6 nitrogen and oxygen atoms in total. The summed E-state index contributed by atoms with van der Waals surface area (Å²) in [4.78, 5) is 3.33. The molecule has 0 saturated heterocycles. The van der Waals surface area contributed by atoms with Crippen molar-refractivity contribution >= 4 is 10.0 Å². The lowest BCUT2D eigenvalue weighted by Crippen LogP contribution is -2.27. The number of sulfonamides is 1. The maximum Gasteiger partial charge on any atom is 0.243 e. The Morgan fingerprint density at radius 1 is 1.26 bits per heavy atom. The predicted molar refractivity (Wildman–Crippen MR) is 61.4 cm³/mol. The number of hydrogen-bond donors (Lipinski definition) is 1. The second-order valence-electron chi connectivity index (χ2n) is 3.80. The van der Waals surface area contributed by atoms with Gasteiger partial charge in [0.05, 0.1) is 11.4 Å². The van der Waals surface area contributed by atoms with Crippen molar-refractivity contribution in [3.8, 4) is 0 Å². The minimum atomic E-state index is -3.99. The maximum atomic E-state index is 13.0. The van der Waals surface area contributed by atoms with E-state index in [9.17, 15) is 17.2 Å². The number of hydrogen-bond acceptors (Lipinski definition) is 4. The Morgan fingerprint density at radius 3 is 2.42 bits per heavy atom. The summed E-state index contributed by atoms with van der Waals surface area (Å²) in [6, 6.07) is 2.13. The van der Waals surface area contributed by atoms with E-state index in [1.165, 1.54) is 13.4 Å². The van der Waals surface area contributed by atoms with Crippen LogP contribution in [0.4, 0.5) is 8.78 Å². The van der Waals surface area contributed by atoms with E-state index in [0.29, 0.717) is 11.9 Å². The molecule has 0 spiro atoms. The third-order valence-electron chi connectivity index (χ3n) is 2.38. The quantitative estimate of drug-likeness (QED) is 0.906. The molecule has 2 aromatic rings. The fourth-order valence-corrected chi connectivity index (χ4v) is 2.64. The van der Waals surface area contributed by atoms with E-state index in [2.05, 4.69) is 15.2 Å². The fourth-order valence-electron chi connectivity index (χ4n) is 1.46. The number of rotatable bonds is 4. The van der Waals surface area contributed by atoms with Crippen molar-refractivity contribution in [3.05, 3.63) is 42.0 Å². The lowest BCUT2D eigenvalue weighted by molar-refractivity contribution is 0.455. The highest BCUT2D eigenvalue weighted by molar-refractivity contribution is 7.89. The van der Waals surface area contributed by atoms with Gasteiger partial charge in [-0.25, -0.2) is 22.2 Å². The molecule has 1 N–H and O–H groups in total. The fraction of sp³-hybridized carbons (Fsp3) is 0.200. The Balaban J connectivity index is 2.31. The monoisotopic (exact) mass is 288 g/mol. The second kappa shape index (κ2) is 5.02. The van der Waals surface area contributed by atoms with E-state index in [1.54, 1.807) is 0 Å². The third kappa shape index (κ3) is 2.93. The Labute approximate surface area is 108 Å². The summed E-state index contributed by atoms with van der Waals surface area (Å²) in [5, 5.41) is 6.08. The van der Waals surface area contributed by atoms with E-state index in [-0.39, 0.29) is 6.54 Å². The van der Waals surface area contributed by atoms with Gasteiger partial charge in [0.2, 0.25) is 10.0 Å². The van der Waals surface area contributed by atoms with Crippen LogP contribution in [0.3, 0.4) is 0 Å². The molecule has 1 aromatic heterocycles. The molecule has 0 aliphatic heterocycles. The van der Waals surface area contributed by atoms with Gasteiger partial charge in [0.15, 0.2) is 0 Å². The summed E-state index contributed by atoms with van der Waals surface area (Å²) < 4.78 is 51.2. The van der Waals surface area contributed by atoms with Crippen LogP contribution in [0.2, 0.25) is 0 Å². The molecule has 1 aromatic carbocycles. The summed E-state index contributed by atoms with van der Waals surface area (Å²) in [7, 11) is -2.72. The standard InChI is InChI=1S/C10H10F2N4O2S/c1-16(5-10-13-6-14-15-10)19(17,18)9-3-7(11)2-8(12)4-9/h2-4,6H,5H2,1H3,(H,13,14,15). The summed E-state index contributed by atoms with van der Waals surface area (Å²) in [6.07, 6.45) is 1.23. The first kappa shape index (κ1) is 13.6. The summed E-state index contributed by atoms with van der Waals surface area (Å²) in [6.45, 7) is -0.0829. The normalized spacial score (nSPS) is 12.0. The lowest BCUT2D eigenvalue weighted by atomic mass is 10.3. The Hall–Kier alpha value is -1.87. The zero-order chi connectivity index (χ0) is 14.0. The average Bonchev–Trinajstić information content (AvgIpc) is 2.80. The number of halogens is 2. The Morgan fingerprint density at radius 2 is 1.89 bits per heavy atom. The minimum Gasteiger partial charge on any atom is -0.262 e. The number of aromatic amines is 1. The maximum absolute atomic E-state index is 13.0. The van der Waals surface area contributed by atoms with E-state index in [4.69, 9.17) is 0 Å². The molecule has 19 heavy (non-hydrogen) atoms. The highest BCUT2D eigenvalue weighted by atomic mass is 32.2. The molecule has 0 unspecified atom stereocenters. The van der Waals surface area contributed by atoms with E-state index in [1.807, 2.05) is 0 Å². The van der Waals surface area contributed by atoms with E-state index >= 15 is 0 Å². The predicted octanol–water partition coefficient (Wildman–Crippen LogP) is 0.904. The van der Waals surface area contributed by atoms with Gasteiger partial charge in [-0.05, 0) is 12.1 Å². The van der Waals surface area contributed by atoms with Crippen molar-refractivity contribution in [2.45, 2.75) is 11.4 Å². The first-order chi connectivity index (χ1) is 8.89. The number of nitrogens with one attached hydrogen (secondary N) is 1. The van der Waals surface area contributed by atoms with Crippen LogP contribution in [0, 0.1) is 11.6 Å². The minimum absolute atomic E-state index is 0.0829. The van der Waals surface area contributed by atoms with Crippen LogP contribution in [-0.4, -0.2) is 35.0 Å². The number of nitrogens with zero attached hydrogens (tertiary/aromatic N) is 3. The van der Waals surface area contributed by atoms with Crippen molar-refractivity contribution in [2.24, 2.45) is 0 Å². The molecule has 0 saturated carbocycles. The number of benzene rings is 1. The third-order valence-corrected chi connectivity index (χ3v) is 4.16. The molecule has 9 heteroatoms. The van der Waals surface area contributed by atoms with Gasteiger partial charge in [-0.1, -0.05) is 0 Å². The van der Waals surface area contributed by atoms with Gasteiger partial charge in [0.25, 0.3) is 0 Å². The van der Waals surface area contributed by atoms with Crippen molar-refractivity contribution in [2.75, 3.05) is 7.05 Å². The van der Waals surface area contributed by atoms with Crippen molar-refractivity contribution in [1.29, 1.82) is 0 Å². The first-order valence-corrected chi connectivity index (χ1v) is 6.60. The first-order valence-electron chi connectivity index (χ1n) is 5.16. The van der Waals surface area contributed by atoms with Gasteiger partial charge >= 0.3 is 0 Å². The highest BCUT2D eigenvalue weighted by Gasteiger charge is 2.23. The Kier molecular flexibility index (Phi) is 3.58. The van der Waals surface area contributed by atoms with Crippen molar-refractivity contribution < 1.29 is 17.2 Å². The van der Waals surface area contributed by atoms with Crippen LogP contribution < -0.4 is 0 Å². The molecular formula is C10H10F2N4O2S. The van der Waals surface area contributed by atoms with E-state index in [0.717, 1.165) is 16.4 Å². The van der Waals surface area contributed by atoms with Crippen molar-refractivity contribution in [3.63, 3.8) is 0 Å². The molecule has 0 fully saturated rings. The summed E-state index contributed by atoms with van der Waals surface area (Å²) in [5.74, 6) is -1.58. The van der Waals surface area contributed by atoms with Crippen molar-refractivity contribution in [1.82, 2.24) is 19.5 Å². The smallest absolute Gasteiger partial charge is 0.243 e. The molecule has 2 rings (SSSR count). The molecule has 0 amide bonds. The zero-order valence-electron chi connectivity index (χ0n) is 9.84. The van der Waals surface area contributed by atoms with Gasteiger partial charge in [0.1, 0.15) is 23.8 Å². The highest BCUT2D eigenvalue weighted by Crippen LogP contribution is 2.18. The molecule has 0 aliphatic carbocycles. The van der Waals surface area contributed by atoms with Gasteiger partial charge in [-0.3, -0.25) is 5.10 Å². The molecule has 102 valence electrons. The van der Waals surface area contributed by atoms with Crippen LogP contribution >= 0.6 is 0 Å². The molecule has 0 radical (unpaired) electrons. The molecule has 0 atom stereocenters. The van der Waals surface area contributed by atoms with Crippen LogP contribution in [0.25, 0.3) is 0 Å². The van der Waals surface area contributed by atoms with Gasteiger partial charge < -0.3 is 0 Å². The largest absolute Gasteiger partial charge is 0.262 e. The van der Waals surface area contributed by atoms with Gasteiger partial charge in [0, 0.05) is 13.1 Å². The van der Waals surface area contributed by atoms with Gasteiger partial charge in [-0.2, -0.15) is 9.40 Å². The van der Waals surface area contributed by atoms with Gasteiger partial charge in [-0.15, -0.1) is 0 Å².